The first kappa shape index (κ1) is 22.4. The number of carbonyl (C=O) groups excluding carboxylic acids is 1. The van der Waals surface area contributed by atoms with Gasteiger partial charge in [-0.25, -0.2) is 26.3 Å². The molecule has 2 heterocycles. The fraction of sp³-hybridized carbons (Fsp3) is 0.458. The average molecular weight is 479 g/mol. The van der Waals surface area contributed by atoms with Crippen LogP contribution in [0.2, 0.25) is 0 Å². The van der Waals surface area contributed by atoms with Crippen molar-refractivity contribution in [3.05, 3.63) is 59.7 Å². The maximum atomic E-state index is 16.0. The molecule has 2 aliphatic carbocycles. The van der Waals surface area contributed by atoms with Crippen molar-refractivity contribution in [1.29, 1.82) is 0 Å². The second-order valence-corrected chi connectivity index (χ2v) is 11.5. The van der Waals surface area contributed by atoms with Gasteiger partial charge in [-0.2, -0.15) is 0 Å². The van der Waals surface area contributed by atoms with E-state index in [9.17, 15) is 22.0 Å². The minimum atomic E-state index is -3.38. The molecule has 1 amide bonds. The summed E-state index contributed by atoms with van der Waals surface area (Å²) in [6, 6.07) is 9.26. The van der Waals surface area contributed by atoms with Gasteiger partial charge >= 0.3 is 0 Å². The summed E-state index contributed by atoms with van der Waals surface area (Å²) in [5.41, 5.74) is -2.42. The smallest absolute Gasteiger partial charge is 0.229 e. The van der Waals surface area contributed by atoms with E-state index < -0.39 is 33.2 Å². The number of halogens is 3. The number of alkyl halides is 1. The number of nitrogens with one attached hydrogen (secondary N) is 1. The van der Waals surface area contributed by atoms with Crippen LogP contribution in [0.4, 0.5) is 13.2 Å². The molecule has 2 saturated carbocycles. The van der Waals surface area contributed by atoms with Gasteiger partial charge < -0.3 is 4.90 Å². The van der Waals surface area contributed by atoms with Gasteiger partial charge in [-0.15, -0.1) is 0 Å². The lowest BCUT2D eigenvalue weighted by molar-refractivity contribution is -0.133. The van der Waals surface area contributed by atoms with Crippen LogP contribution in [-0.4, -0.2) is 44.1 Å². The van der Waals surface area contributed by atoms with Crippen molar-refractivity contribution in [1.82, 2.24) is 9.62 Å². The number of carbonyl (C=O) groups is 1. The van der Waals surface area contributed by atoms with Crippen LogP contribution in [0.1, 0.15) is 31.7 Å². The summed E-state index contributed by atoms with van der Waals surface area (Å²) in [6.07, 6.45) is 2.40. The maximum absolute atomic E-state index is 16.0. The molecule has 2 bridgehead atoms. The second kappa shape index (κ2) is 7.30. The molecule has 1 N–H and O–H groups in total. The number of nitrogens with zero attached hydrogens (tertiary/aromatic N) is 1. The highest BCUT2D eigenvalue weighted by atomic mass is 32.2. The normalized spacial score (nSPS) is 31.2. The molecule has 2 aromatic rings. The second-order valence-electron chi connectivity index (χ2n) is 9.76. The first-order valence-electron chi connectivity index (χ1n) is 11.0. The quantitative estimate of drug-likeness (QED) is 0.688. The number of hydrogen-bond donors (Lipinski definition) is 1. The fourth-order valence-electron chi connectivity index (χ4n) is 5.73. The van der Waals surface area contributed by atoms with E-state index in [1.54, 1.807) is 24.0 Å². The third kappa shape index (κ3) is 3.56. The lowest BCUT2D eigenvalue weighted by Crippen LogP contribution is -2.50. The Morgan fingerprint density at radius 1 is 1.09 bits per heavy atom. The lowest BCUT2D eigenvalue weighted by Gasteiger charge is -2.41. The lowest BCUT2D eigenvalue weighted by atomic mass is 9.66. The Balaban J connectivity index is 1.38. The largest absolute Gasteiger partial charge is 0.339 e. The Hall–Kier alpha value is -2.39. The summed E-state index contributed by atoms with van der Waals surface area (Å²) in [4.78, 5) is 14.9. The molecule has 2 aromatic carbocycles. The number of fused-ring (bicyclic) bond motifs is 1. The first-order chi connectivity index (χ1) is 15.5. The van der Waals surface area contributed by atoms with Gasteiger partial charge in [0.05, 0.1) is 17.7 Å². The number of amides is 1. The molecule has 176 valence electrons. The summed E-state index contributed by atoms with van der Waals surface area (Å²) in [6.45, 7) is 2.16. The standard InChI is InChI=1S/C24H25F3N2O3S/c1-14(28-33(2,31)32)23-10-15(11-23)29(13-23)22(30)18-12-24(18,27)17-7-4-3-6-16(17)21-19(25)8-5-9-20(21)26/h3-9,14-15,18,28H,10-13H2,1-2H3/t14-,15?,18-,23?,24+/m0/s1. The summed E-state index contributed by atoms with van der Waals surface area (Å²) >= 11 is 0. The van der Waals surface area contributed by atoms with Crippen LogP contribution in [-0.2, 0) is 20.5 Å². The molecule has 4 aliphatic rings. The molecule has 3 atom stereocenters. The molecule has 2 aliphatic heterocycles. The van der Waals surface area contributed by atoms with Gasteiger partial charge in [0.15, 0.2) is 0 Å². The van der Waals surface area contributed by atoms with E-state index >= 15 is 4.39 Å². The fourth-order valence-corrected chi connectivity index (χ4v) is 6.62. The van der Waals surface area contributed by atoms with E-state index in [1.165, 1.54) is 18.2 Å². The van der Waals surface area contributed by atoms with Gasteiger partial charge in [0, 0.05) is 30.5 Å². The highest BCUT2D eigenvalue weighted by Gasteiger charge is 2.67. The van der Waals surface area contributed by atoms with E-state index in [1.807, 2.05) is 0 Å². The third-order valence-electron chi connectivity index (χ3n) is 7.60. The van der Waals surface area contributed by atoms with Crippen molar-refractivity contribution in [2.45, 2.75) is 43.9 Å². The molecule has 6 rings (SSSR count). The highest BCUT2D eigenvalue weighted by molar-refractivity contribution is 7.88. The summed E-state index contributed by atoms with van der Waals surface area (Å²) in [5, 5.41) is 0. The van der Waals surface area contributed by atoms with Gasteiger partial charge in [0.2, 0.25) is 15.9 Å². The summed E-state index contributed by atoms with van der Waals surface area (Å²) in [5.74, 6) is -2.83. The number of hydrogen-bond acceptors (Lipinski definition) is 3. The Morgan fingerprint density at radius 2 is 1.73 bits per heavy atom. The van der Waals surface area contributed by atoms with Gasteiger partial charge in [0.1, 0.15) is 17.3 Å². The monoisotopic (exact) mass is 478 g/mol. The molecule has 33 heavy (non-hydrogen) atoms. The Morgan fingerprint density at radius 3 is 2.36 bits per heavy atom. The number of benzene rings is 2. The van der Waals surface area contributed by atoms with Crippen LogP contribution in [0.25, 0.3) is 11.1 Å². The van der Waals surface area contributed by atoms with Crippen LogP contribution in [0.3, 0.4) is 0 Å². The van der Waals surface area contributed by atoms with Crippen LogP contribution >= 0.6 is 0 Å². The molecule has 9 heteroatoms. The van der Waals surface area contributed by atoms with E-state index in [0.717, 1.165) is 18.4 Å². The molecular weight excluding hydrogens is 453 g/mol. The molecular formula is C24H25F3N2O3S. The topological polar surface area (TPSA) is 66.5 Å². The Labute approximate surface area is 191 Å². The molecule has 2 saturated heterocycles. The van der Waals surface area contributed by atoms with Gasteiger partial charge in [-0.1, -0.05) is 30.3 Å². The number of sulfonamides is 1. The summed E-state index contributed by atoms with van der Waals surface area (Å²) in [7, 11) is -3.38. The van der Waals surface area contributed by atoms with Crippen molar-refractivity contribution in [3.63, 3.8) is 0 Å². The minimum Gasteiger partial charge on any atom is -0.339 e. The molecule has 0 unspecified atom stereocenters. The van der Waals surface area contributed by atoms with Crippen molar-refractivity contribution in [2.75, 3.05) is 12.8 Å². The highest BCUT2D eigenvalue weighted by Crippen LogP contribution is 2.61. The molecule has 0 aromatic heterocycles. The van der Waals surface area contributed by atoms with E-state index in [2.05, 4.69) is 4.72 Å². The van der Waals surface area contributed by atoms with E-state index in [-0.39, 0.29) is 46.5 Å². The zero-order valence-electron chi connectivity index (χ0n) is 18.3. The minimum absolute atomic E-state index is 0.0367. The zero-order chi connectivity index (χ0) is 23.8. The third-order valence-corrected chi connectivity index (χ3v) is 8.38. The average Bonchev–Trinajstić information content (AvgIpc) is 3.07. The van der Waals surface area contributed by atoms with Crippen molar-refractivity contribution < 1.29 is 26.4 Å². The van der Waals surface area contributed by atoms with Gasteiger partial charge in [-0.05, 0) is 43.0 Å². The molecule has 0 spiro atoms. The predicted octanol–water partition coefficient (Wildman–Crippen LogP) is 3.75. The van der Waals surface area contributed by atoms with E-state index in [0.29, 0.717) is 19.4 Å². The SMILES string of the molecule is C[C@H](NS(C)(=O)=O)C12CC(C1)N(C(=O)[C@@H]1C[C@@]1(F)c1ccccc1-c1c(F)cccc1F)C2. The maximum Gasteiger partial charge on any atom is 0.229 e. The van der Waals surface area contributed by atoms with Crippen molar-refractivity contribution in [2.24, 2.45) is 11.3 Å². The Kier molecular flexibility index (Phi) is 4.96. The van der Waals surface area contributed by atoms with Crippen molar-refractivity contribution >= 4 is 15.9 Å². The molecule has 0 radical (unpaired) electrons. The van der Waals surface area contributed by atoms with Crippen LogP contribution < -0.4 is 4.72 Å². The van der Waals surface area contributed by atoms with Crippen LogP contribution in [0.5, 0.6) is 0 Å². The van der Waals surface area contributed by atoms with Crippen molar-refractivity contribution in [3.8, 4) is 11.1 Å². The molecule has 5 nitrogen and oxygen atoms in total. The predicted molar refractivity (Wildman–Crippen MR) is 117 cm³/mol. The van der Waals surface area contributed by atoms with E-state index in [4.69, 9.17) is 0 Å². The van der Waals surface area contributed by atoms with Crippen LogP contribution in [0.15, 0.2) is 42.5 Å². The Bertz CT molecular complexity index is 1230. The molecule has 4 fully saturated rings. The first-order valence-corrected chi connectivity index (χ1v) is 12.8. The van der Waals surface area contributed by atoms with Gasteiger partial charge in [-0.3, -0.25) is 4.79 Å². The number of rotatable bonds is 6. The summed E-state index contributed by atoms with van der Waals surface area (Å²) < 4.78 is 70.8. The van der Waals surface area contributed by atoms with Crippen LogP contribution in [0, 0.1) is 23.0 Å². The van der Waals surface area contributed by atoms with Gasteiger partial charge in [0.25, 0.3) is 0 Å². The zero-order valence-corrected chi connectivity index (χ0v) is 19.1.